The molecule has 0 bridgehead atoms. The first-order chi connectivity index (χ1) is 9.11. The fourth-order valence-corrected chi connectivity index (χ4v) is 2.50. The van der Waals surface area contributed by atoms with E-state index in [9.17, 15) is 0 Å². The van der Waals surface area contributed by atoms with E-state index in [1.54, 1.807) is 0 Å². The largest absolute Gasteiger partial charge is 0.356 e. The lowest BCUT2D eigenvalue weighted by molar-refractivity contribution is 0.241. The lowest BCUT2D eigenvalue weighted by Gasteiger charge is -2.23. The molecule has 0 aliphatic carbocycles. The van der Waals surface area contributed by atoms with E-state index >= 15 is 0 Å². The zero-order chi connectivity index (χ0) is 13.8. The number of allylic oxidation sites excluding steroid dienone is 2. The van der Waals surface area contributed by atoms with Gasteiger partial charge in [-0.15, -0.1) is 0 Å². The SMILES string of the molecule is CC1=C(C)N(Cc2ccc(Cl)cc2)CN1CCCN. The Hall–Kier alpha value is -1.19. The van der Waals surface area contributed by atoms with Crippen LogP contribution in [0.3, 0.4) is 0 Å². The van der Waals surface area contributed by atoms with Crippen molar-refractivity contribution < 1.29 is 0 Å². The van der Waals surface area contributed by atoms with Crippen LogP contribution in [0.25, 0.3) is 0 Å². The molecule has 1 aliphatic rings. The first-order valence-electron chi connectivity index (χ1n) is 6.73. The van der Waals surface area contributed by atoms with E-state index in [1.807, 2.05) is 12.1 Å². The molecule has 1 aliphatic heterocycles. The maximum absolute atomic E-state index is 5.92. The first kappa shape index (κ1) is 14.2. The molecular formula is C15H22ClN3. The highest BCUT2D eigenvalue weighted by Crippen LogP contribution is 2.25. The Morgan fingerprint density at radius 2 is 1.74 bits per heavy atom. The van der Waals surface area contributed by atoms with Crippen LogP contribution in [-0.2, 0) is 6.54 Å². The molecule has 0 saturated heterocycles. The molecule has 19 heavy (non-hydrogen) atoms. The Labute approximate surface area is 120 Å². The summed E-state index contributed by atoms with van der Waals surface area (Å²) in [4.78, 5) is 4.80. The summed E-state index contributed by atoms with van der Waals surface area (Å²) in [6, 6.07) is 8.08. The number of nitrogens with zero attached hydrogens (tertiary/aromatic N) is 2. The van der Waals surface area contributed by atoms with Gasteiger partial charge in [-0.05, 0) is 44.5 Å². The van der Waals surface area contributed by atoms with Gasteiger partial charge in [0, 0.05) is 29.5 Å². The molecule has 104 valence electrons. The van der Waals surface area contributed by atoms with Crippen LogP contribution in [0.1, 0.15) is 25.8 Å². The highest BCUT2D eigenvalue weighted by atomic mass is 35.5. The zero-order valence-corrected chi connectivity index (χ0v) is 12.5. The Morgan fingerprint density at radius 3 is 2.37 bits per heavy atom. The number of nitrogens with two attached hydrogens (primary N) is 1. The highest BCUT2D eigenvalue weighted by molar-refractivity contribution is 6.30. The number of rotatable bonds is 5. The van der Waals surface area contributed by atoms with E-state index in [2.05, 4.69) is 35.8 Å². The summed E-state index contributed by atoms with van der Waals surface area (Å²) in [5.41, 5.74) is 9.60. The summed E-state index contributed by atoms with van der Waals surface area (Å²) in [6.07, 6.45) is 1.04. The average Bonchev–Trinajstić information content (AvgIpc) is 2.67. The fourth-order valence-electron chi connectivity index (χ4n) is 2.38. The number of hydrogen-bond acceptors (Lipinski definition) is 3. The number of benzene rings is 1. The minimum Gasteiger partial charge on any atom is -0.356 e. The third-order valence-corrected chi connectivity index (χ3v) is 3.98. The monoisotopic (exact) mass is 279 g/mol. The first-order valence-corrected chi connectivity index (χ1v) is 7.11. The van der Waals surface area contributed by atoms with Crippen LogP contribution in [0.4, 0.5) is 0 Å². The van der Waals surface area contributed by atoms with Gasteiger partial charge in [0.05, 0.1) is 6.67 Å². The van der Waals surface area contributed by atoms with E-state index in [0.717, 1.165) is 37.7 Å². The molecule has 2 rings (SSSR count). The molecule has 0 atom stereocenters. The lowest BCUT2D eigenvalue weighted by Crippen LogP contribution is -2.28. The van der Waals surface area contributed by atoms with Crippen LogP contribution in [-0.4, -0.2) is 29.6 Å². The normalized spacial score (nSPS) is 15.6. The fraction of sp³-hybridized carbons (Fsp3) is 0.467. The van der Waals surface area contributed by atoms with Crippen LogP contribution >= 0.6 is 11.6 Å². The second-order valence-electron chi connectivity index (χ2n) is 5.04. The van der Waals surface area contributed by atoms with Crippen LogP contribution < -0.4 is 5.73 Å². The topological polar surface area (TPSA) is 32.5 Å². The van der Waals surface area contributed by atoms with E-state index < -0.39 is 0 Å². The maximum Gasteiger partial charge on any atom is 0.0901 e. The predicted molar refractivity (Wildman–Crippen MR) is 80.6 cm³/mol. The summed E-state index contributed by atoms with van der Waals surface area (Å²) >= 11 is 5.92. The van der Waals surface area contributed by atoms with Gasteiger partial charge in [0.1, 0.15) is 0 Å². The van der Waals surface area contributed by atoms with Crippen molar-refractivity contribution >= 4 is 11.6 Å². The maximum atomic E-state index is 5.92. The van der Waals surface area contributed by atoms with Gasteiger partial charge in [-0.3, -0.25) is 0 Å². The van der Waals surface area contributed by atoms with Crippen molar-refractivity contribution in [2.75, 3.05) is 19.8 Å². The standard InChI is InChI=1S/C15H22ClN3/c1-12-13(2)19(11-18(12)9-3-8-17)10-14-4-6-15(16)7-5-14/h4-7H,3,8-11,17H2,1-2H3. The van der Waals surface area contributed by atoms with Gasteiger partial charge < -0.3 is 15.5 Å². The quantitative estimate of drug-likeness (QED) is 0.899. The molecule has 0 saturated carbocycles. The average molecular weight is 280 g/mol. The number of hydrogen-bond donors (Lipinski definition) is 1. The molecule has 0 fully saturated rings. The minimum absolute atomic E-state index is 0.750. The van der Waals surface area contributed by atoms with Crippen LogP contribution in [0.15, 0.2) is 35.7 Å². The van der Waals surface area contributed by atoms with E-state index in [1.165, 1.54) is 17.0 Å². The summed E-state index contributed by atoms with van der Waals surface area (Å²) in [5.74, 6) is 0. The summed E-state index contributed by atoms with van der Waals surface area (Å²) < 4.78 is 0. The summed E-state index contributed by atoms with van der Waals surface area (Å²) in [7, 11) is 0. The van der Waals surface area contributed by atoms with Gasteiger partial charge in [-0.2, -0.15) is 0 Å². The molecule has 3 nitrogen and oxygen atoms in total. The lowest BCUT2D eigenvalue weighted by atomic mass is 10.2. The molecule has 4 heteroatoms. The van der Waals surface area contributed by atoms with Crippen LogP contribution in [0, 0.1) is 0 Å². The Morgan fingerprint density at radius 1 is 1.11 bits per heavy atom. The van der Waals surface area contributed by atoms with Crippen LogP contribution in [0.5, 0.6) is 0 Å². The third kappa shape index (κ3) is 3.43. The Bertz CT molecular complexity index is 453. The zero-order valence-electron chi connectivity index (χ0n) is 11.7. The molecule has 1 heterocycles. The van der Waals surface area contributed by atoms with Gasteiger partial charge in [0.25, 0.3) is 0 Å². The smallest absolute Gasteiger partial charge is 0.0901 e. The summed E-state index contributed by atoms with van der Waals surface area (Å²) in [6.45, 7) is 8.05. The van der Waals surface area contributed by atoms with E-state index in [0.29, 0.717) is 0 Å². The van der Waals surface area contributed by atoms with Crippen molar-refractivity contribution in [2.24, 2.45) is 5.73 Å². The van der Waals surface area contributed by atoms with Gasteiger partial charge in [0.2, 0.25) is 0 Å². The third-order valence-electron chi connectivity index (χ3n) is 3.73. The molecule has 2 N–H and O–H groups in total. The number of halogens is 1. The molecular weight excluding hydrogens is 258 g/mol. The minimum atomic E-state index is 0.750. The molecule has 0 unspecified atom stereocenters. The van der Waals surface area contributed by atoms with E-state index in [4.69, 9.17) is 17.3 Å². The Balaban J connectivity index is 2.00. The van der Waals surface area contributed by atoms with Crippen molar-refractivity contribution in [1.29, 1.82) is 0 Å². The molecule has 0 spiro atoms. The molecule has 0 amide bonds. The predicted octanol–water partition coefficient (Wildman–Crippen LogP) is 3.02. The van der Waals surface area contributed by atoms with Crippen molar-refractivity contribution in [3.63, 3.8) is 0 Å². The van der Waals surface area contributed by atoms with Crippen molar-refractivity contribution in [2.45, 2.75) is 26.8 Å². The van der Waals surface area contributed by atoms with E-state index in [-0.39, 0.29) is 0 Å². The van der Waals surface area contributed by atoms with Gasteiger partial charge >= 0.3 is 0 Å². The molecule has 1 aromatic carbocycles. The highest BCUT2D eigenvalue weighted by Gasteiger charge is 2.22. The summed E-state index contributed by atoms with van der Waals surface area (Å²) in [5, 5.41) is 0.790. The van der Waals surface area contributed by atoms with Gasteiger partial charge in [-0.1, -0.05) is 23.7 Å². The van der Waals surface area contributed by atoms with Gasteiger partial charge in [-0.25, -0.2) is 0 Å². The van der Waals surface area contributed by atoms with Crippen molar-refractivity contribution in [3.05, 3.63) is 46.2 Å². The van der Waals surface area contributed by atoms with Crippen molar-refractivity contribution in [1.82, 2.24) is 9.80 Å². The van der Waals surface area contributed by atoms with Crippen LogP contribution in [0.2, 0.25) is 5.02 Å². The second kappa shape index (κ2) is 6.31. The molecule has 0 aromatic heterocycles. The van der Waals surface area contributed by atoms with Crippen molar-refractivity contribution in [3.8, 4) is 0 Å². The second-order valence-corrected chi connectivity index (χ2v) is 5.48. The molecule has 1 aromatic rings. The van der Waals surface area contributed by atoms with Gasteiger partial charge in [0.15, 0.2) is 0 Å². The Kier molecular flexibility index (Phi) is 4.72. The molecule has 0 radical (unpaired) electrons.